The molecule has 2 rings (SSSR count). The van der Waals surface area contributed by atoms with E-state index >= 15 is 0 Å². The average Bonchev–Trinajstić information content (AvgIpc) is 2.83. The summed E-state index contributed by atoms with van der Waals surface area (Å²) >= 11 is 0. The van der Waals surface area contributed by atoms with Crippen LogP contribution in [-0.4, -0.2) is 61.9 Å². The second-order valence-electron chi connectivity index (χ2n) is 14.4. The molecule has 0 bridgehead atoms. The fourth-order valence-corrected chi connectivity index (χ4v) is 25.2. The summed E-state index contributed by atoms with van der Waals surface area (Å²) in [6.07, 6.45) is 4.16. The van der Waals surface area contributed by atoms with Crippen molar-refractivity contribution in [1.29, 1.82) is 0 Å². The molecule has 43 heavy (non-hydrogen) atoms. The molecule has 2 aromatic rings. The van der Waals surface area contributed by atoms with Crippen LogP contribution >= 0.6 is 0 Å². The van der Waals surface area contributed by atoms with E-state index in [1.165, 1.54) is 16.7 Å². The van der Waals surface area contributed by atoms with Gasteiger partial charge in [0.15, 0.2) is 45.5 Å². The minimum Gasteiger partial charge on any atom is -0.504 e. The van der Waals surface area contributed by atoms with E-state index in [-0.39, 0.29) is 5.75 Å². The topological polar surface area (TPSA) is 66.4 Å². The summed E-state index contributed by atoms with van der Waals surface area (Å²) in [5, 5.41) is 9.80. The molecule has 0 aliphatic heterocycles. The summed E-state index contributed by atoms with van der Waals surface area (Å²) in [5.41, 5.74) is 3.68. The molecule has 0 aliphatic rings. The van der Waals surface area contributed by atoms with Crippen molar-refractivity contribution in [3.05, 3.63) is 53.1 Å². The zero-order chi connectivity index (χ0) is 33.1. The highest BCUT2D eigenvalue weighted by Crippen LogP contribution is 2.30. The molecule has 0 spiro atoms. The minimum absolute atomic E-state index is 0.185. The van der Waals surface area contributed by atoms with Gasteiger partial charge in [0.1, 0.15) is 5.75 Å². The largest absolute Gasteiger partial charge is 0.504 e. The molecule has 0 heterocycles. The number of aryl methyl sites for hydroxylation is 3. The van der Waals surface area contributed by atoms with Crippen molar-refractivity contribution in [2.75, 3.05) is 14.2 Å². The van der Waals surface area contributed by atoms with E-state index in [0.717, 1.165) is 43.5 Å². The number of aromatic hydroxyl groups is 1. The predicted molar refractivity (Wildman–Crippen MR) is 197 cm³/mol. The van der Waals surface area contributed by atoms with Crippen LogP contribution in [0.5, 0.6) is 17.2 Å². The summed E-state index contributed by atoms with van der Waals surface area (Å²) in [6.45, 7) is 26.9. The van der Waals surface area contributed by atoms with Gasteiger partial charge in [-0.2, -0.15) is 0 Å². The Bertz CT molecular complexity index is 1040. The summed E-state index contributed by atoms with van der Waals surface area (Å²) in [4.78, 5) is 0. The number of hydrogen-bond acceptors (Lipinski definition) is 6. The van der Waals surface area contributed by atoms with Crippen molar-refractivity contribution in [3.8, 4) is 17.2 Å². The molecule has 0 saturated heterocycles. The van der Waals surface area contributed by atoms with E-state index < -0.39 is 42.6 Å². The first-order valence-electron chi connectivity index (χ1n) is 15.7. The highest BCUT2D eigenvalue weighted by molar-refractivity contribution is 6.87. The lowest BCUT2D eigenvalue weighted by molar-refractivity contribution is 0.373. The van der Waals surface area contributed by atoms with E-state index in [1.54, 1.807) is 20.3 Å². The van der Waals surface area contributed by atoms with Crippen LogP contribution in [0.3, 0.4) is 0 Å². The van der Waals surface area contributed by atoms with Crippen LogP contribution < -0.4 is 9.47 Å². The van der Waals surface area contributed by atoms with Crippen LogP contribution in [0.15, 0.2) is 36.4 Å². The lowest BCUT2D eigenvalue weighted by atomic mass is 10.1. The van der Waals surface area contributed by atoms with Gasteiger partial charge < -0.3 is 26.9 Å². The van der Waals surface area contributed by atoms with Crippen molar-refractivity contribution in [3.63, 3.8) is 0 Å². The third kappa shape index (κ3) is 17.2. The monoisotopic (exact) mass is 682 g/mol. The number of rotatable bonds is 16. The Morgan fingerprint density at radius 1 is 0.674 bits per heavy atom. The molecule has 0 fully saturated rings. The summed E-state index contributed by atoms with van der Waals surface area (Å²) in [7, 11) is -4.50. The number of phenolic OH excluding ortho intramolecular Hbond substituents is 1. The Kier molecular flexibility index (Phi) is 16.2. The molecule has 0 atom stereocenters. The fourth-order valence-electron chi connectivity index (χ4n) is 5.49. The fraction of sp³-hybridized carbons (Fsp3) is 0.625. The van der Waals surface area contributed by atoms with Gasteiger partial charge in [0.25, 0.3) is 0 Å². The molecule has 11 heteroatoms. The highest BCUT2D eigenvalue weighted by atomic mass is 28.5. The number of phenols is 1. The van der Waals surface area contributed by atoms with Crippen LogP contribution in [0, 0.1) is 6.92 Å². The first-order chi connectivity index (χ1) is 19.7. The van der Waals surface area contributed by atoms with Gasteiger partial charge in [0.2, 0.25) is 0 Å². The quantitative estimate of drug-likeness (QED) is 0.178. The maximum Gasteiger partial charge on any atom is 0.311 e. The molecule has 0 aromatic heterocycles. The van der Waals surface area contributed by atoms with Crippen molar-refractivity contribution < 1.29 is 26.9 Å². The van der Waals surface area contributed by atoms with E-state index in [2.05, 4.69) is 97.1 Å². The molecule has 0 aliphatic carbocycles. The van der Waals surface area contributed by atoms with Crippen molar-refractivity contribution in [2.24, 2.45) is 0 Å². The summed E-state index contributed by atoms with van der Waals surface area (Å²) in [5.74, 6) is 1.68. The Morgan fingerprint density at radius 2 is 1.12 bits per heavy atom. The Morgan fingerprint density at radius 3 is 1.51 bits per heavy atom. The van der Waals surface area contributed by atoms with Crippen molar-refractivity contribution in [1.82, 2.24) is 0 Å². The van der Waals surface area contributed by atoms with Gasteiger partial charge in [-0.25, -0.2) is 0 Å². The maximum atomic E-state index is 9.80. The molecule has 246 valence electrons. The van der Waals surface area contributed by atoms with Gasteiger partial charge in [-0.3, -0.25) is 0 Å². The lowest BCUT2D eigenvalue weighted by Gasteiger charge is -2.39. The van der Waals surface area contributed by atoms with Crippen molar-refractivity contribution in [2.45, 2.75) is 117 Å². The Hall–Kier alpha value is -1.20. The highest BCUT2D eigenvalue weighted by Gasteiger charge is 2.39. The van der Waals surface area contributed by atoms with Gasteiger partial charge >= 0.3 is 8.56 Å². The Labute approximate surface area is 269 Å². The second kappa shape index (κ2) is 17.5. The summed E-state index contributed by atoms with van der Waals surface area (Å²) in [6, 6.07) is 14.3. The maximum absolute atomic E-state index is 9.80. The smallest absolute Gasteiger partial charge is 0.311 e. The van der Waals surface area contributed by atoms with Crippen LogP contribution in [0.4, 0.5) is 0 Å². The minimum atomic E-state index is -2.23. The molecule has 0 saturated carbocycles. The molecule has 0 radical (unpaired) electrons. The number of hydrogen-bond donors (Lipinski definition) is 1. The van der Waals surface area contributed by atoms with Crippen LogP contribution in [0.25, 0.3) is 0 Å². The number of benzene rings is 2. The third-order valence-corrected chi connectivity index (χ3v) is 23.0. The first-order valence-corrected chi connectivity index (χ1v) is 31.0. The SMILES string of the molecule is COc1cc(CCC[Si](C)(C)O[Si](C)(C)O[Si](C)(C)CCCc2ccc(O)c(OC)c2)ccc1C.C[SiH](C)O[Si](C)(C)C. The molecular formula is C32H62O6Si5. The number of methoxy groups -OCH3 is 2. The zero-order valence-electron chi connectivity index (χ0n) is 29.8. The van der Waals surface area contributed by atoms with E-state index in [4.69, 9.17) is 21.8 Å². The molecule has 6 nitrogen and oxygen atoms in total. The Balaban J connectivity index is 0.00000101. The second-order valence-corrected chi connectivity index (χ2v) is 34.2. The van der Waals surface area contributed by atoms with Gasteiger partial charge in [0.05, 0.1) is 14.2 Å². The van der Waals surface area contributed by atoms with Crippen molar-refractivity contribution >= 4 is 42.6 Å². The molecule has 1 N–H and O–H groups in total. The first kappa shape index (κ1) is 39.8. The standard InChI is InChI=1S/C27H46O5Si3.C5H16OSi2/c1-22-14-15-23(20-26(22)29-2)12-10-18-33(4,5)31-35(8,9)32-34(6,7)19-11-13-24-16-17-25(28)27(21-24)30-3;1-7(2)6-8(3,4)5/h14-17,20-21,28H,10-13,18-19H2,1-9H3;7H,1-5H3. The van der Waals surface area contributed by atoms with Gasteiger partial charge in [-0.05, 0) is 152 Å². The zero-order valence-corrected chi connectivity index (χ0v) is 34.9. The third-order valence-electron chi connectivity index (χ3n) is 6.84. The van der Waals surface area contributed by atoms with Crippen LogP contribution in [0.1, 0.15) is 29.5 Å². The molecule has 0 amide bonds. The summed E-state index contributed by atoms with van der Waals surface area (Å²) < 4.78 is 30.0. The molecule has 0 unspecified atom stereocenters. The van der Waals surface area contributed by atoms with Gasteiger partial charge in [-0.15, -0.1) is 0 Å². The van der Waals surface area contributed by atoms with Gasteiger partial charge in [-0.1, -0.05) is 18.2 Å². The average molecular weight is 683 g/mol. The van der Waals surface area contributed by atoms with Crippen LogP contribution in [-0.2, 0) is 25.2 Å². The number of ether oxygens (including phenoxy) is 2. The van der Waals surface area contributed by atoms with E-state index in [9.17, 15) is 5.11 Å². The lowest BCUT2D eigenvalue weighted by Crippen LogP contribution is -2.52. The molecular weight excluding hydrogens is 621 g/mol. The predicted octanol–water partition coefficient (Wildman–Crippen LogP) is 9.25. The van der Waals surface area contributed by atoms with Crippen LogP contribution in [0.2, 0.25) is 84.1 Å². The normalized spacial score (nSPS) is 12.6. The van der Waals surface area contributed by atoms with E-state index in [0.29, 0.717) is 5.75 Å². The van der Waals surface area contributed by atoms with Gasteiger partial charge in [0, 0.05) is 0 Å². The molecule has 2 aromatic carbocycles. The van der Waals surface area contributed by atoms with E-state index in [1.807, 2.05) is 12.1 Å².